The molecule has 28 heavy (non-hydrogen) atoms. The van der Waals surface area contributed by atoms with E-state index in [-0.39, 0.29) is 24.4 Å². The normalized spacial score (nSPS) is 21.0. The fourth-order valence-corrected chi connectivity index (χ4v) is 3.39. The summed E-state index contributed by atoms with van der Waals surface area (Å²) in [5.41, 5.74) is 1.08. The minimum atomic E-state index is -0.0569. The van der Waals surface area contributed by atoms with Gasteiger partial charge >= 0.3 is 0 Å². The summed E-state index contributed by atoms with van der Waals surface area (Å²) in [5, 5.41) is 2.35. The Hall–Kier alpha value is -1.62. The van der Waals surface area contributed by atoms with E-state index in [1.165, 1.54) is 10.8 Å². The Morgan fingerprint density at radius 2 is 1.61 bits per heavy atom. The molecule has 3 rings (SSSR count). The summed E-state index contributed by atoms with van der Waals surface area (Å²) in [7, 11) is 3.40. The molecule has 0 spiro atoms. The average molecular weight is 391 g/mol. The van der Waals surface area contributed by atoms with Crippen LogP contribution in [0.15, 0.2) is 36.4 Å². The zero-order valence-electron chi connectivity index (χ0n) is 18.8. The molecule has 158 valence electrons. The van der Waals surface area contributed by atoms with Crippen LogP contribution in [0.5, 0.6) is 5.75 Å². The molecule has 0 aliphatic carbocycles. The van der Waals surface area contributed by atoms with E-state index in [1.807, 2.05) is 53.7 Å². The van der Waals surface area contributed by atoms with Crippen molar-refractivity contribution < 1.29 is 18.9 Å². The SMILES string of the molecule is CC.CC.COC[C@H]1O[C@@H](c2cc3ccccc3cc2OC)CC1OC(C)C. The Labute approximate surface area is 171 Å². The van der Waals surface area contributed by atoms with Crippen LogP contribution in [-0.4, -0.2) is 39.1 Å². The van der Waals surface area contributed by atoms with Gasteiger partial charge in [0.05, 0.1) is 32.0 Å². The monoisotopic (exact) mass is 390 g/mol. The largest absolute Gasteiger partial charge is 0.496 e. The van der Waals surface area contributed by atoms with Gasteiger partial charge in [-0.05, 0) is 36.8 Å². The predicted octanol–water partition coefficient (Wildman–Crippen LogP) is 6.17. The van der Waals surface area contributed by atoms with Crippen LogP contribution < -0.4 is 4.74 Å². The van der Waals surface area contributed by atoms with Gasteiger partial charge in [-0.2, -0.15) is 0 Å². The molecule has 1 aliphatic rings. The molecule has 0 amide bonds. The molecule has 1 fully saturated rings. The van der Waals surface area contributed by atoms with Crippen molar-refractivity contribution in [3.8, 4) is 5.75 Å². The lowest BCUT2D eigenvalue weighted by Gasteiger charge is -2.20. The maximum Gasteiger partial charge on any atom is 0.125 e. The molecule has 0 radical (unpaired) electrons. The third kappa shape index (κ3) is 6.20. The third-order valence-corrected chi connectivity index (χ3v) is 4.42. The van der Waals surface area contributed by atoms with Gasteiger partial charge in [0.2, 0.25) is 0 Å². The summed E-state index contributed by atoms with van der Waals surface area (Å²) >= 11 is 0. The first-order valence-corrected chi connectivity index (χ1v) is 10.5. The standard InChI is InChI=1S/C20H26O4.2C2H6/c1-13(2)23-19-11-18(24-20(19)12-21-3)16-9-14-7-5-6-8-15(14)10-17(16)22-4;2*1-2/h5-10,13,18-20H,11-12H2,1-4H3;2*1-2H3/t18-,19?,20-;;/m1../s1. The van der Waals surface area contributed by atoms with Crippen molar-refractivity contribution >= 4 is 10.8 Å². The topological polar surface area (TPSA) is 36.9 Å². The van der Waals surface area contributed by atoms with E-state index in [2.05, 4.69) is 24.3 Å². The Morgan fingerprint density at radius 3 is 2.14 bits per heavy atom. The van der Waals surface area contributed by atoms with Crippen LogP contribution in [0.2, 0.25) is 0 Å². The van der Waals surface area contributed by atoms with Crippen LogP contribution in [0.1, 0.15) is 59.6 Å². The van der Waals surface area contributed by atoms with Gasteiger partial charge in [-0.25, -0.2) is 0 Å². The maximum absolute atomic E-state index is 6.26. The van der Waals surface area contributed by atoms with Crippen LogP contribution in [0.3, 0.4) is 0 Å². The molecule has 1 unspecified atom stereocenters. The molecule has 2 aromatic rings. The lowest BCUT2D eigenvalue weighted by molar-refractivity contribution is -0.0717. The molecule has 0 bridgehead atoms. The van der Waals surface area contributed by atoms with Gasteiger partial charge in [0.1, 0.15) is 11.9 Å². The van der Waals surface area contributed by atoms with Crippen LogP contribution >= 0.6 is 0 Å². The highest BCUT2D eigenvalue weighted by Gasteiger charge is 2.38. The fraction of sp³-hybridized carbons (Fsp3) is 0.583. The zero-order chi connectivity index (χ0) is 21.1. The summed E-state index contributed by atoms with van der Waals surface area (Å²) in [6.45, 7) is 12.6. The van der Waals surface area contributed by atoms with E-state index in [0.717, 1.165) is 17.7 Å². The highest BCUT2D eigenvalue weighted by atomic mass is 16.6. The van der Waals surface area contributed by atoms with Crippen molar-refractivity contribution in [2.24, 2.45) is 0 Å². The molecule has 1 saturated heterocycles. The first-order valence-electron chi connectivity index (χ1n) is 10.5. The molecular weight excluding hydrogens is 352 g/mol. The Morgan fingerprint density at radius 1 is 1.00 bits per heavy atom. The van der Waals surface area contributed by atoms with E-state index in [1.54, 1.807) is 14.2 Å². The highest BCUT2D eigenvalue weighted by molar-refractivity contribution is 5.85. The molecule has 0 N–H and O–H groups in total. The van der Waals surface area contributed by atoms with Crippen LogP contribution in [0, 0.1) is 0 Å². The van der Waals surface area contributed by atoms with E-state index >= 15 is 0 Å². The summed E-state index contributed by atoms with van der Waals surface area (Å²) < 4.78 is 23.2. The molecular formula is C24H38O4. The second kappa shape index (κ2) is 12.8. The molecule has 2 aromatic carbocycles. The summed E-state index contributed by atoms with van der Waals surface area (Å²) in [6, 6.07) is 12.5. The number of benzene rings is 2. The second-order valence-corrected chi connectivity index (χ2v) is 6.52. The van der Waals surface area contributed by atoms with Crippen molar-refractivity contribution in [2.75, 3.05) is 20.8 Å². The molecule has 0 saturated carbocycles. The molecule has 3 atom stereocenters. The number of fused-ring (bicyclic) bond motifs is 1. The molecule has 1 aliphatic heterocycles. The van der Waals surface area contributed by atoms with Crippen LogP contribution in [-0.2, 0) is 14.2 Å². The highest BCUT2D eigenvalue weighted by Crippen LogP contribution is 2.40. The van der Waals surface area contributed by atoms with Crippen molar-refractivity contribution in [1.29, 1.82) is 0 Å². The van der Waals surface area contributed by atoms with E-state index < -0.39 is 0 Å². The van der Waals surface area contributed by atoms with Gasteiger partial charge in [-0.1, -0.05) is 52.0 Å². The first-order chi connectivity index (χ1) is 13.6. The lowest BCUT2D eigenvalue weighted by atomic mass is 9.99. The van der Waals surface area contributed by atoms with E-state index in [4.69, 9.17) is 18.9 Å². The average Bonchev–Trinajstić information content (AvgIpc) is 3.11. The van der Waals surface area contributed by atoms with Gasteiger partial charge in [-0.15, -0.1) is 0 Å². The smallest absolute Gasteiger partial charge is 0.125 e. The Balaban J connectivity index is 0.000000921. The van der Waals surface area contributed by atoms with Gasteiger partial charge in [0.25, 0.3) is 0 Å². The van der Waals surface area contributed by atoms with Crippen molar-refractivity contribution in [1.82, 2.24) is 0 Å². The number of hydrogen-bond donors (Lipinski definition) is 0. The van der Waals surface area contributed by atoms with E-state index in [9.17, 15) is 0 Å². The van der Waals surface area contributed by atoms with Crippen LogP contribution in [0.25, 0.3) is 10.8 Å². The van der Waals surface area contributed by atoms with E-state index in [0.29, 0.717) is 6.61 Å². The van der Waals surface area contributed by atoms with Crippen molar-refractivity contribution in [3.63, 3.8) is 0 Å². The van der Waals surface area contributed by atoms with Gasteiger partial charge in [0, 0.05) is 19.1 Å². The number of rotatable bonds is 6. The quantitative estimate of drug-likeness (QED) is 0.591. The van der Waals surface area contributed by atoms with Gasteiger partial charge in [-0.3, -0.25) is 0 Å². The predicted molar refractivity (Wildman–Crippen MR) is 117 cm³/mol. The number of hydrogen-bond acceptors (Lipinski definition) is 4. The van der Waals surface area contributed by atoms with Crippen LogP contribution in [0.4, 0.5) is 0 Å². The Bertz CT molecular complexity index is 683. The minimum Gasteiger partial charge on any atom is -0.496 e. The van der Waals surface area contributed by atoms with Gasteiger partial charge in [0.15, 0.2) is 0 Å². The first kappa shape index (κ1) is 24.4. The number of methoxy groups -OCH3 is 2. The fourth-order valence-electron chi connectivity index (χ4n) is 3.39. The molecule has 4 heteroatoms. The summed E-state index contributed by atoms with van der Waals surface area (Å²) in [4.78, 5) is 0. The summed E-state index contributed by atoms with van der Waals surface area (Å²) in [5.74, 6) is 0.861. The molecule has 0 aromatic heterocycles. The molecule has 1 heterocycles. The zero-order valence-corrected chi connectivity index (χ0v) is 18.8. The van der Waals surface area contributed by atoms with Crippen molar-refractivity contribution in [3.05, 3.63) is 42.0 Å². The second-order valence-electron chi connectivity index (χ2n) is 6.52. The minimum absolute atomic E-state index is 0.0335. The van der Waals surface area contributed by atoms with Crippen molar-refractivity contribution in [2.45, 2.75) is 72.4 Å². The Kier molecular flexibility index (Phi) is 11.1. The maximum atomic E-state index is 6.26. The van der Waals surface area contributed by atoms with Gasteiger partial charge < -0.3 is 18.9 Å². The lowest BCUT2D eigenvalue weighted by Crippen LogP contribution is -2.30. The summed E-state index contributed by atoms with van der Waals surface area (Å²) in [6.07, 6.45) is 0.898. The third-order valence-electron chi connectivity index (χ3n) is 4.42. The number of ether oxygens (including phenoxy) is 4. The molecule has 4 nitrogen and oxygen atoms in total.